The van der Waals surface area contributed by atoms with Crippen molar-refractivity contribution in [1.29, 1.82) is 0 Å². The van der Waals surface area contributed by atoms with Gasteiger partial charge in [-0.1, -0.05) is 24.3 Å². The van der Waals surface area contributed by atoms with Gasteiger partial charge in [0.05, 0.1) is 12.6 Å². The summed E-state index contributed by atoms with van der Waals surface area (Å²) in [4.78, 5) is 14.0. The van der Waals surface area contributed by atoms with Crippen LogP contribution < -0.4 is 4.74 Å². The molecule has 1 aromatic rings. The highest BCUT2D eigenvalue weighted by Crippen LogP contribution is 2.33. The van der Waals surface area contributed by atoms with E-state index in [1.165, 1.54) is 0 Å². The van der Waals surface area contributed by atoms with Crippen LogP contribution in [0.5, 0.6) is 5.75 Å². The lowest BCUT2D eigenvalue weighted by Crippen LogP contribution is -2.28. The van der Waals surface area contributed by atoms with E-state index >= 15 is 0 Å². The summed E-state index contributed by atoms with van der Waals surface area (Å²) >= 11 is 0. The molecular weight excluding hydrogens is 238 g/mol. The molecule has 1 amide bonds. The first-order valence-electron chi connectivity index (χ1n) is 6.81. The van der Waals surface area contributed by atoms with E-state index in [1.54, 1.807) is 0 Å². The molecule has 0 spiro atoms. The first-order valence-corrected chi connectivity index (χ1v) is 6.81. The summed E-state index contributed by atoms with van der Waals surface area (Å²) in [6.45, 7) is 9.20. The quantitative estimate of drug-likeness (QED) is 0.760. The fourth-order valence-electron chi connectivity index (χ4n) is 2.57. The maximum atomic E-state index is 12.1. The van der Waals surface area contributed by atoms with Gasteiger partial charge in [-0.3, -0.25) is 4.79 Å². The highest BCUT2D eigenvalue weighted by molar-refractivity contribution is 5.79. The molecule has 3 nitrogen and oxygen atoms in total. The Hall–Kier alpha value is -1.77. The molecule has 2 atom stereocenters. The normalized spacial score (nSPS) is 20.4. The van der Waals surface area contributed by atoms with Gasteiger partial charge >= 0.3 is 0 Å². The van der Waals surface area contributed by atoms with E-state index in [1.807, 2.05) is 42.2 Å². The fourth-order valence-corrected chi connectivity index (χ4v) is 2.57. The Morgan fingerprint density at radius 1 is 1.53 bits per heavy atom. The molecule has 1 saturated heterocycles. The summed E-state index contributed by atoms with van der Waals surface area (Å²) in [6, 6.07) is 7.98. The van der Waals surface area contributed by atoms with E-state index in [0.29, 0.717) is 13.0 Å². The Morgan fingerprint density at radius 3 is 2.89 bits per heavy atom. The molecule has 102 valence electrons. The van der Waals surface area contributed by atoms with E-state index in [9.17, 15) is 4.79 Å². The predicted molar refractivity (Wildman–Crippen MR) is 76.0 cm³/mol. The maximum absolute atomic E-state index is 12.1. The van der Waals surface area contributed by atoms with E-state index in [-0.39, 0.29) is 17.9 Å². The Labute approximate surface area is 114 Å². The second-order valence-electron chi connectivity index (χ2n) is 4.89. The summed E-state index contributed by atoms with van der Waals surface area (Å²) in [5.74, 6) is 1.34. The van der Waals surface area contributed by atoms with Gasteiger partial charge in [0.15, 0.2) is 0 Å². The minimum atomic E-state index is 0.0419. The van der Waals surface area contributed by atoms with Crippen LogP contribution in [-0.4, -0.2) is 24.0 Å². The predicted octanol–water partition coefficient (Wildman–Crippen LogP) is 3.18. The number of benzene rings is 1. The van der Waals surface area contributed by atoms with Gasteiger partial charge in [-0.25, -0.2) is 0 Å². The van der Waals surface area contributed by atoms with Crippen LogP contribution in [0.25, 0.3) is 0 Å². The molecule has 1 heterocycles. The van der Waals surface area contributed by atoms with E-state index in [4.69, 9.17) is 4.74 Å². The summed E-state index contributed by atoms with van der Waals surface area (Å²) in [7, 11) is 0. The van der Waals surface area contributed by atoms with Crippen molar-refractivity contribution in [3.8, 4) is 5.75 Å². The van der Waals surface area contributed by atoms with Crippen molar-refractivity contribution >= 4 is 5.91 Å². The monoisotopic (exact) mass is 259 g/mol. The molecule has 0 bridgehead atoms. The highest BCUT2D eigenvalue weighted by atomic mass is 16.5. The zero-order chi connectivity index (χ0) is 13.8. The van der Waals surface area contributed by atoms with E-state index < -0.39 is 0 Å². The van der Waals surface area contributed by atoms with Gasteiger partial charge in [-0.2, -0.15) is 0 Å². The summed E-state index contributed by atoms with van der Waals surface area (Å²) < 4.78 is 5.65. The van der Waals surface area contributed by atoms with Gasteiger partial charge in [-0.15, -0.1) is 6.58 Å². The third-order valence-electron chi connectivity index (χ3n) is 3.66. The fraction of sp³-hybridized carbons (Fsp3) is 0.438. The molecule has 1 fully saturated rings. The molecule has 0 radical (unpaired) electrons. The number of hydrogen-bond donors (Lipinski definition) is 0. The topological polar surface area (TPSA) is 29.5 Å². The molecule has 0 aromatic heterocycles. The van der Waals surface area contributed by atoms with Crippen molar-refractivity contribution in [2.45, 2.75) is 26.3 Å². The summed E-state index contributed by atoms with van der Waals surface area (Å²) in [5, 5.41) is 0. The molecule has 0 saturated carbocycles. The van der Waals surface area contributed by atoms with Crippen LogP contribution in [0.3, 0.4) is 0 Å². The third kappa shape index (κ3) is 2.80. The molecule has 1 aliphatic rings. The molecule has 0 N–H and O–H groups in total. The molecule has 3 heteroatoms. The van der Waals surface area contributed by atoms with Crippen LogP contribution in [0, 0.1) is 5.92 Å². The summed E-state index contributed by atoms with van der Waals surface area (Å²) in [6.07, 6.45) is 2.45. The Balaban J connectivity index is 2.22. The second kappa shape index (κ2) is 5.91. The lowest BCUT2D eigenvalue weighted by molar-refractivity contribution is -0.129. The van der Waals surface area contributed by atoms with Crippen LogP contribution in [0.15, 0.2) is 36.9 Å². The SMILES string of the molecule is C=CC1CC(=O)N(C(C)c2ccccc2OCC)C1. The van der Waals surface area contributed by atoms with Gasteiger partial charge < -0.3 is 9.64 Å². The second-order valence-corrected chi connectivity index (χ2v) is 4.89. The molecular formula is C16H21NO2. The Kier molecular flexibility index (Phi) is 4.25. The van der Waals surface area contributed by atoms with Crippen molar-refractivity contribution < 1.29 is 9.53 Å². The van der Waals surface area contributed by atoms with Crippen LogP contribution in [-0.2, 0) is 4.79 Å². The number of amides is 1. The first-order chi connectivity index (χ1) is 9.17. The minimum Gasteiger partial charge on any atom is -0.494 e. The van der Waals surface area contributed by atoms with Crippen LogP contribution in [0.4, 0.5) is 0 Å². The number of para-hydroxylation sites is 1. The maximum Gasteiger partial charge on any atom is 0.223 e. The first kappa shape index (κ1) is 13.7. The van der Waals surface area contributed by atoms with Crippen molar-refractivity contribution in [2.75, 3.05) is 13.2 Å². The van der Waals surface area contributed by atoms with Crippen LogP contribution in [0.2, 0.25) is 0 Å². The van der Waals surface area contributed by atoms with Gasteiger partial charge in [0, 0.05) is 24.4 Å². The zero-order valence-electron chi connectivity index (χ0n) is 11.6. The molecule has 2 rings (SSSR count). The number of likely N-dealkylation sites (tertiary alicyclic amines) is 1. The molecule has 2 unspecified atom stereocenters. The van der Waals surface area contributed by atoms with Gasteiger partial charge in [-0.05, 0) is 19.9 Å². The van der Waals surface area contributed by atoms with E-state index in [0.717, 1.165) is 17.9 Å². The number of nitrogens with zero attached hydrogens (tertiary/aromatic N) is 1. The van der Waals surface area contributed by atoms with Gasteiger partial charge in [0.2, 0.25) is 5.91 Å². The average molecular weight is 259 g/mol. The van der Waals surface area contributed by atoms with Crippen molar-refractivity contribution in [1.82, 2.24) is 4.90 Å². The molecule has 0 aliphatic carbocycles. The van der Waals surface area contributed by atoms with Crippen molar-refractivity contribution in [2.24, 2.45) is 5.92 Å². The summed E-state index contributed by atoms with van der Waals surface area (Å²) in [5.41, 5.74) is 1.07. The van der Waals surface area contributed by atoms with Gasteiger partial charge in [0.25, 0.3) is 0 Å². The van der Waals surface area contributed by atoms with Crippen molar-refractivity contribution in [3.05, 3.63) is 42.5 Å². The zero-order valence-corrected chi connectivity index (χ0v) is 11.6. The number of ether oxygens (including phenoxy) is 1. The number of rotatable bonds is 5. The van der Waals surface area contributed by atoms with Gasteiger partial charge in [0.1, 0.15) is 5.75 Å². The van der Waals surface area contributed by atoms with Crippen LogP contribution in [0.1, 0.15) is 31.9 Å². The minimum absolute atomic E-state index is 0.0419. The Morgan fingerprint density at radius 2 is 2.26 bits per heavy atom. The molecule has 19 heavy (non-hydrogen) atoms. The molecule has 1 aliphatic heterocycles. The van der Waals surface area contributed by atoms with E-state index in [2.05, 4.69) is 13.5 Å². The number of carbonyl (C=O) groups excluding carboxylic acids is 1. The standard InChI is InChI=1S/C16H21NO2/c1-4-13-10-16(18)17(11-13)12(3)14-8-6-7-9-15(14)19-5-2/h4,6-9,12-13H,1,5,10-11H2,2-3H3. The molecule has 1 aromatic carbocycles. The lowest BCUT2D eigenvalue weighted by atomic mass is 10.1. The van der Waals surface area contributed by atoms with Crippen LogP contribution >= 0.6 is 0 Å². The Bertz CT molecular complexity index is 470. The average Bonchev–Trinajstić information content (AvgIpc) is 2.80. The smallest absolute Gasteiger partial charge is 0.223 e. The number of carbonyl (C=O) groups is 1. The highest BCUT2D eigenvalue weighted by Gasteiger charge is 2.32. The number of hydrogen-bond acceptors (Lipinski definition) is 2. The lowest BCUT2D eigenvalue weighted by Gasteiger charge is -2.26. The van der Waals surface area contributed by atoms with Crippen molar-refractivity contribution in [3.63, 3.8) is 0 Å². The largest absolute Gasteiger partial charge is 0.494 e. The third-order valence-corrected chi connectivity index (χ3v) is 3.66.